The van der Waals surface area contributed by atoms with Crippen molar-refractivity contribution in [2.45, 2.75) is 6.92 Å². The lowest BCUT2D eigenvalue weighted by Crippen LogP contribution is -2.21. The summed E-state index contributed by atoms with van der Waals surface area (Å²) in [4.78, 5) is 25.1. The van der Waals surface area contributed by atoms with Crippen LogP contribution in [0.4, 0.5) is 0 Å². The second-order valence-corrected chi connectivity index (χ2v) is 5.16. The van der Waals surface area contributed by atoms with Crippen molar-refractivity contribution in [3.05, 3.63) is 58.7 Å². The zero-order valence-electron chi connectivity index (χ0n) is 12.2. The number of phenolic OH excluding ortho intramolecular Hbond substituents is 1. The molecule has 0 amide bonds. The molecule has 116 valence electrons. The van der Waals surface area contributed by atoms with Crippen LogP contribution in [0.5, 0.6) is 11.5 Å². The Labute approximate surface area is 131 Å². The molecule has 0 heterocycles. The van der Waals surface area contributed by atoms with Crippen LogP contribution in [0.3, 0.4) is 0 Å². The van der Waals surface area contributed by atoms with E-state index in [0.29, 0.717) is 11.3 Å². The Morgan fingerprint density at radius 2 is 1.70 bits per heavy atom. The minimum atomic E-state index is -0.425. The van der Waals surface area contributed by atoms with Crippen molar-refractivity contribution in [3.63, 3.8) is 0 Å². The Morgan fingerprint density at radius 3 is 2.35 bits per heavy atom. The first kappa shape index (κ1) is 14.8. The van der Waals surface area contributed by atoms with Gasteiger partial charge in [-0.2, -0.15) is 0 Å². The lowest BCUT2D eigenvalue weighted by Gasteiger charge is -2.19. The largest absolute Gasteiger partial charge is 0.504 e. The van der Waals surface area contributed by atoms with Crippen molar-refractivity contribution in [3.8, 4) is 11.5 Å². The predicted octanol–water partition coefficient (Wildman–Crippen LogP) is 2.40. The highest BCUT2D eigenvalue weighted by atomic mass is 16.5. The third-order valence-electron chi connectivity index (χ3n) is 3.64. The highest BCUT2D eigenvalue weighted by molar-refractivity contribution is 6.29. The van der Waals surface area contributed by atoms with Crippen LogP contribution in [0.1, 0.15) is 38.8 Å². The SMILES string of the molecule is C/C(COc1ccc2c(c1O)C(=O)c1ccccc1C2=O)=N\O. The maximum absolute atomic E-state index is 12.6. The van der Waals surface area contributed by atoms with Crippen molar-refractivity contribution < 1.29 is 24.6 Å². The van der Waals surface area contributed by atoms with Gasteiger partial charge in [0.1, 0.15) is 6.61 Å². The van der Waals surface area contributed by atoms with Gasteiger partial charge < -0.3 is 15.1 Å². The van der Waals surface area contributed by atoms with Crippen LogP contribution in [0, 0.1) is 0 Å². The first-order valence-corrected chi connectivity index (χ1v) is 6.89. The number of ether oxygens (including phenoxy) is 1. The molecule has 0 unspecified atom stereocenters. The molecule has 1 aliphatic carbocycles. The highest BCUT2D eigenvalue weighted by Gasteiger charge is 2.33. The average molecular weight is 311 g/mol. The summed E-state index contributed by atoms with van der Waals surface area (Å²) in [5.41, 5.74) is 0.956. The fraction of sp³-hybridized carbons (Fsp3) is 0.118. The van der Waals surface area contributed by atoms with Crippen LogP contribution in [0.25, 0.3) is 0 Å². The van der Waals surface area contributed by atoms with Gasteiger partial charge in [0.25, 0.3) is 0 Å². The molecule has 3 rings (SSSR count). The fourth-order valence-electron chi connectivity index (χ4n) is 2.48. The first-order chi connectivity index (χ1) is 11.0. The summed E-state index contributed by atoms with van der Waals surface area (Å²) in [5, 5.41) is 21.9. The smallest absolute Gasteiger partial charge is 0.198 e. The molecule has 0 spiro atoms. The van der Waals surface area contributed by atoms with Crippen LogP contribution in [-0.4, -0.2) is 34.2 Å². The Morgan fingerprint density at radius 1 is 1.04 bits per heavy atom. The van der Waals surface area contributed by atoms with Gasteiger partial charge in [-0.25, -0.2) is 0 Å². The number of ketones is 2. The van der Waals surface area contributed by atoms with E-state index in [9.17, 15) is 14.7 Å². The maximum Gasteiger partial charge on any atom is 0.198 e. The molecule has 0 aromatic heterocycles. The van der Waals surface area contributed by atoms with E-state index >= 15 is 0 Å². The standard InChI is InChI=1S/C17H13NO5/c1-9(18-22)8-23-13-7-6-12-14(17(13)21)16(20)11-5-3-2-4-10(11)15(12)19/h2-7,21-22H,8H2,1H3/b18-9+. The molecule has 2 aromatic carbocycles. The second-order valence-electron chi connectivity index (χ2n) is 5.16. The first-order valence-electron chi connectivity index (χ1n) is 6.89. The third kappa shape index (κ3) is 2.34. The quantitative estimate of drug-likeness (QED) is 0.440. The molecule has 0 radical (unpaired) electrons. The van der Waals surface area contributed by atoms with Gasteiger partial charge in [-0.05, 0) is 19.1 Å². The zero-order chi connectivity index (χ0) is 16.6. The van der Waals surface area contributed by atoms with Gasteiger partial charge in [0.15, 0.2) is 23.1 Å². The Balaban J connectivity index is 2.08. The Bertz CT molecular complexity index is 854. The summed E-state index contributed by atoms with van der Waals surface area (Å²) in [6, 6.07) is 9.34. The summed E-state index contributed by atoms with van der Waals surface area (Å²) >= 11 is 0. The molecule has 0 saturated heterocycles. The number of nitrogens with zero attached hydrogens (tertiary/aromatic N) is 1. The Hall–Kier alpha value is -3.15. The Kier molecular flexibility index (Phi) is 3.57. The zero-order valence-corrected chi connectivity index (χ0v) is 12.2. The summed E-state index contributed by atoms with van der Waals surface area (Å²) in [5.74, 6) is -1.08. The van der Waals surface area contributed by atoms with E-state index in [1.54, 1.807) is 31.2 Å². The number of hydrogen-bond acceptors (Lipinski definition) is 6. The third-order valence-corrected chi connectivity index (χ3v) is 3.64. The van der Waals surface area contributed by atoms with Crippen LogP contribution in [0.2, 0.25) is 0 Å². The molecule has 6 heteroatoms. The molecule has 6 nitrogen and oxygen atoms in total. The van der Waals surface area contributed by atoms with Gasteiger partial charge in [0.2, 0.25) is 0 Å². The minimum Gasteiger partial charge on any atom is -0.504 e. The molecule has 0 atom stereocenters. The number of carbonyl (C=O) groups is 2. The van der Waals surface area contributed by atoms with Crippen molar-refractivity contribution in [2.24, 2.45) is 5.16 Å². The number of rotatable bonds is 3. The molecule has 1 aliphatic rings. The highest BCUT2D eigenvalue weighted by Crippen LogP contribution is 2.38. The number of fused-ring (bicyclic) bond motifs is 2. The second kappa shape index (κ2) is 5.57. The molecular formula is C17H13NO5. The van der Waals surface area contributed by atoms with Gasteiger partial charge in [0, 0.05) is 16.7 Å². The summed E-state index contributed by atoms with van der Waals surface area (Å²) in [6.07, 6.45) is 0. The van der Waals surface area contributed by atoms with Gasteiger partial charge in [0.05, 0.1) is 11.3 Å². The maximum atomic E-state index is 12.6. The van der Waals surface area contributed by atoms with Crippen molar-refractivity contribution >= 4 is 17.3 Å². The van der Waals surface area contributed by atoms with E-state index < -0.39 is 5.78 Å². The van der Waals surface area contributed by atoms with Crippen LogP contribution in [0.15, 0.2) is 41.6 Å². The van der Waals surface area contributed by atoms with E-state index in [-0.39, 0.29) is 40.6 Å². The lowest BCUT2D eigenvalue weighted by molar-refractivity contribution is 0.0976. The number of carbonyl (C=O) groups excluding carboxylic acids is 2. The molecular weight excluding hydrogens is 298 g/mol. The van der Waals surface area contributed by atoms with E-state index in [0.717, 1.165) is 0 Å². The monoisotopic (exact) mass is 311 g/mol. The molecule has 2 N–H and O–H groups in total. The van der Waals surface area contributed by atoms with E-state index in [1.807, 2.05) is 0 Å². The molecule has 0 aliphatic heterocycles. The van der Waals surface area contributed by atoms with Crippen LogP contribution in [-0.2, 0) is 0 Å². The normalized spacial score (nSPS) is 13.5. The van der Waals surface area contributed by atoms with E-state index in [4.69, 9.17) is 9.94 Å². The molecule has 2 aromatic rings. The molecule has 23 heavy (non-hydrogen) atoms. The minimum absolute atomic E-state index is 0.0484. The summed E-state index contributed by atoms with van der Waals surface area (Å²) < 4.78 is 5.32. The predicted molar refractivity (Wildman–Crippen MR) is 81.8 cm³/mol. The molecule has 0 fully saturated rings. The van der Waals surface area contributed by atoms with E-state index in [2.05, 4.69) is 5.16 Å². The number of benzene rings is 2. The topological polar surface area (TPSA) is 96.2 Å². The number of aromatic hydroxyl groups is 1. The van der Waals surface area contributed by atoms with Crippen molar-refractivity contribution in [2.75, 3.05) is 6.61 Å². The summed E-state index contributed by atoms with van der Waals surface area (Å²) in [7, 11) is 0. The van der Waals surface area contributed by atoms with Crippen molar-refractivity contribution in [1.29, 1.82) is 0 Å². The van der Waals surface area contributed by atoms with Gasteiger partial charge in [-0.3, -0.25) is 9.59 Å². The number of oxime groups is 1. The van der Waals surface area contributed by atoms with Crippen LogP contribution >= 0.6 is 0 Å². The van der Waals surface area contributed by atoms with Crippen molar-refractivity contribution in [1.82, 2.24) is 0 Å². The lowest BCUT2D eigenvalue weighted by atomic mass is 9.83. The number of phenols is 1. The fourth-order valence-corrected chi connectivity index (χ4v) is 2.48. The molecule has 0 saturated carbocycles. The van der Waals surface area contributed by atoms with Gasteiger partial charge in [-0.1, -0.05) is 29.4 Å². The van der Waals surface area contributed by atoms with E-state index in [1.165, 1.54) is 12.1 Å². The average Bonchev–Trinajstić information content (AvgIpc) is 2.58. The van der Waals surface area contributed by atoms with Gasteiger partial charge >= 0.3 is 0 Å². The number of hydrogen-bond donors (Lipinski definition) is 2. The molecule has 0 bridgehead atoms. The van der Waals surface area contributed by atoms with Crippen LogP contribution < -0.4 is 4.74 Å². The summed E-state index contributed by atoms with van der Waals surface area (Å²) in [6.45, 7) is 1.49. The van der Waals surface area contributed by atoms with Gasteiger partial charge in [-0.15, -0.1) is 0 Å².